The molecule has 10 nitrogen and oxygen atoms in total. The Morgan fingerprint density at radius 2 is 2.35 bits per heavy atom. The summed E-state index contributed by atoms with van der Waals surface area (Å²) in [6.45, 7) is 4.86. The number of tetrazole rings is 1. The molecular formula is C13H21N9O. The van der Waals surface area contributed by atoms with Gasteiger partial charge in [-0.2, -0.15) is 5.10 Å². The summed E-state index contributed by atoms with van der Waals surface area (Å²) in [7, 11) is 0. The first kappa shape index (κ1) is 15.6. The fourth-order valence-corrected chi connectivity index (χ4v) is 2.52. The maximum atomic E-state index is 12.5. The first-order chi connectivity index (χ1) is 11.2. The Labute approximate surface area is 133 Å². The van der Waals surface area contributed by atoms with E-state index in [1.807, 2.05) is 11.6 Å². The van der Waals surface area contributed by atoms with Crippen molar-refractivity contribution in [2.24, 2.45) is 0 Å². The molecule has 1 amide bonds. The molecule has 0 spiro atoms. The molecule has 2 atom stereocenters. The highest BCUT2D eigenvalue weighted by Gasteiger charge is 2.31. The molecule has 2 aromatic heterocycles. The fraction of sp³-hybridized carbons (Fsp3) is 0.615. The first-order valence-electron chi connectivity index (χ1n) is 7.76. The van der Waals surface area contributed by atoms with E-state index < -0.39 is 0 Å². The lowest BCUT2D eigenvalue weighted by molar-refractivity contribution is -0.118. The van der Waals surface area contributed by atoms with Crippen LogP contribution in [-0.4, -0.2) is 41.9 Å². The molecule has 10 heteroatoms. The number of nitrogens with zero attached hydrogens (tertiary/aromatic N) is 6. The SMILES string of the molecule is CCCCn1ncc(C)c1NC(=O)C1CC(n2cnnn2)NN1. The van der Waals surface area contributed by atoms with Crippen LogP contribution in [0.5, 0.6) is 0 Å². The monoisotopic (exact) mass is 319 g/mol. The average Bonchev–Trinajstić information content (AvgIpc) is 3.27. The Hall–Kier alpha value is -2.33. The second kappa shape index (κ2) is 6.84. The van der Waals surface area contributed by atoms with Gasteiger partial charge in [0.2, 0.25) is 5.91 Å². The minimum Gasteiger partial charge on any atom is -0.309 e. The molecule has 1 saturated heterocycles. The van der Waals surface area contributed by atoms with Gasteiger partial charge in [0.15, 0.2) is 0 Å². The maximum Gasteiger partial charge on any atom is 0.244 e. The number of amides is 1. The van der Waals surface area contributed by atoms with Crippen LogP contribution in [0.25, 0.3) is 0 Å². The fourth-order valence-electron chi connectivity index (χ4n) is 2.52. The van der Waals surface area contributed by atoms with E-state index >= 15 is 0 Å². The summed E-state index contributed by atoms with van der Waals surface area (Å²) in [6, 6.07) is -0.363. The van der Waals surface area contributed by atoms with Crippen LogP contribution in [-0.2, 0) is 11.3 Å². The molecule has 1 aliphatic heterocycles. The predicted octanol–water partition coefficient (Wildman–Crippen LogP) is -0.0181. The molecule has 124 valence electrons. The first-order valence-corrected chi connectivity index (χ1v) is 7.76. The Morgan fingerprint density at radius 3 is 3.09 bits per heavy atom. The topological polar surface area (TPSA) is 115 Å². The van der Waals surface area contributed by atoms with Crippen molar-refractivity contribution in [2.45, 2.75) is 51.9 Å². The molecule has 2 aromatic rings. The van der Waals surface area contributed by atoms with Crippen molar-refractivity contribution < 1.29 is 4.79 Å². The quantitative estimate of drug-likeness (QED) is 0.685. The molecule has 0 saturated carbocycles. The summed E-state index contributed by atoms with van der Waals surface area (Å²) in [5.74, 6) is 0.658. The van der Waals surface area contributed by atoms with Gasteiger partial charge in [0.1, 0.15) is 24.4 Å². The minimum atomic E-state index is -0.363. The summed E-state index contributed by atoms with van der Waals surface area (Å²) >= 11 is 0. The number of nitrogens with one attached hydrogen (secondary N) is 3. The van der Waals surface area contributed by atoms with Crippen molar-refractivity contribution in [2.75, 3.05) is 5.32 Å². The van der Waals surface area contributed by atoms with Crippen LogP contribution >= 0.6 is 0 Å². The van der Waals surface area contributed by atoms with Gasteiger partial charge in [-0.3, -0.25) is 4.79 Å². The standard InChI is InChI=1S/C13H21N9O/c1-3-4-5-21-12(9(2)7-15-21)16-13(23)10-6-11(18-17-10)22-8-14-19-20-22/h7-8,10-11,17-18H,3-6H2,1-2H3,(H,16,23). The Balaban J connectivity index is 1.63. The van der Waals surface area contributed by atoms with Gasteiger partial charge >= 0.3 is 0 Å². The van der Waals surface area contributed by atoms with E-state index in [0.29, 0.717) is 6.42 Å². The summed E-state index contributed by atoms with van der Waals surface area (Å²) in [4.78, 5) is 12.5. The molecule has 0 radical (unpaired) electrons. The van der Waals surface area contributed by atoms with E-state index in [0.717, 1.165) is 30.8 Å². The van der Waals surface area contributed by atoms with E-state index in [-0.39, 0.29) is 18.1 Å². The lowest BCUT2D eigenvalue weighted by Gasteiger charge is -2.13. The van der Waals surface area contributed by atoms with Crippen molar-refractivity contribution in [3.8, 4) is 0 Å². The van der Waals surface area contributed by atoms with Crippen molar-refractivity contribution in [3.05, 3.63) is 18.1 Å². The second-order valence-corrected chi connectivity index (χ2v) is 5.62. The van der Waals surface area contributed by atoms with Crippen LogP contribution in [0.4, 0.5) is 5.82 Å². The van der Waals surface area contributed by atoms with Crippen LogP contribution < -0.4 is 16.2 Å². The summed E-state index contributed by atoms with van der Waals surface area (Å²) in [5, 5.41) is 18.3. The number of hydrogen-bond acceptors (Lipinski definition) is 7. The number of hydrazine groups is 1. The van der Waals surface area contributed by atoms with Gasteiger partial charge in [0, 0.05) is 18.5 Å². The van der Waals surface area contributed by atoms with Crippen LogP contribution in [0.3, 0.4) is 0 Å². The van der Waals surface area contributed by atoms with Gasteiger partial charge in [-0.15, -0.1) is 5.10 Å². The molecule has 1 fully saturated rings. The van der Waals surface area contributed by atoms with E-state index in [1.54, 1.807) is 10.9 Å². The van der Waals surface area contributed by atoms with Gasteiger partial charge < -0.3 is 5.32 Å². The number of anilines is 1. The van der Waals surface area contributed by atoms with Crippen molar-refractivity contribution >= 4 is 11.7 Å². The number of carbonyl (C=O) groups is 1. The third-order valence-electron chi connectivity index (χ3n) is 3.87. The molecule has 0 aliphatic carbocycles. The summed E-state index contributed by atoms with van der Waals surface area (Å²) in [5.41, 5.74) is 6.96. The van der Waals surface area contributed by atoms with E-state index in [9.17, 15) is 4.79 Å². The summed E-state index contributed by atoms with van der Waals surface area (Å²) < 4.78 is 3.43. The van der Waals surface area contributed by atoms with E-state index in [1.165, 1.54) is 6.33 Å². The average molecular weight is 319 g/mol. The normalized spacial score (nSPS) is 20.8. The van der Waals surface area contributed by atoms with Crippen molar-refractivity contribution in [1.29, 1.82) is 0 Å². The highest BCUT2D eigenvalue weighted by Crippen LogP contribution is 2.18. The second-order valence-electron chi connectivity index (χ2n) is 5.62. The number of unbranched alkanes of at least 4 members (excludes halogenated alkanes) is 1. The lowest BCUT2D eigenvalue weighted by Crippen LogP contribution is -2.40. The van der Waals surface area contributed by atoms with Crippen LogP contribution in [0.1, 0.15) is 37.9 Å². The van der Waals surface area contributed by atoms with Crippen molar-refractivity contribution in [1.82, 2.24) is 40.8 Å². The van der Waals surface area contributed by atoms with Gasteiger partial charge in [-0.05, 0) is 23.8 Å². The number of aryl methyl sites for hydroxylation is 2. The van der Waals surface area contributed by atoms with E-state index in [4.69, 9.17) is 0 Å². The van der Waals surface area contributed by atoms with Crippen LogP contribution in [0.2, 0.25) is 0 Å². The molecule has 0 aromatic carbocycles. The largest absolute Gasteiger partial charge is 0.309 e. The molecular weight excluding hydrogens is 298 g/mol. The number of carbonyl (C=O) groups excluding carboxylic acids is 1. The smallest absolute Gasteiger partial charge is 0.244 e. The van der Waals surface area contributed by atoms with Gasteiger partial charge in [-0.1, -0.05) is 13.3 Å². The number of rotatable bonds is 6. The predicted molar refractivity (Wildman–Crippen MR) is 82.0 cm³/mol. The van der Waals surface area contributed by atoms with Gasteiger partial charge in [-0.25, -0.2) is 20.2 Å². The molecule has 2 unspecified atom stereocenters. The molecule has 3 N–H and O–H groups in total. The van der Waals surface area contributed by atoms with Crippen molar-refractivity contribution in [3.63, 3.8) is 0 Å². The molecule has 0 bridgehead atoms. The molecule has 23 heavy (non-hydrogen) atoms. The zero-order chi connectivity index (χ0) is 16.2. The third kappa shape index (κ3) is 3.37. The zero-order valence-electron chi connectivity index (χ0n) is 13.2. The van der Waals surface area contributed by atoms with Crippen LogP contribution in [0.15, 0.2) is 12.5 Å². The summed E-state index contributed by atoms with van der Waals surface area (Å²) in [6.07, 6.45) is 5.80. The highest BCUT2D eigenvalue weighted by molar-refractivity contribution is 5.94. The Kier molecular flexibility index (Phi) is 4.63. The van der Waals surface area contributed by atoms with Gasteiger partial charge in [0.25, 0.3) is 0 Å². The molecule has 3 rings (SSSR count). The minimum absolute atomic E-state index is 0.102. The Morgan fingerprint density at radius 1 is 1.48 bits per heavy atom. The van der Waals surface area contributed by atoms with E-state index in [2.05, 4.69) is 43.7 Å². The zero-order valence-corrected chi connectivity index (χ0v) is 13.2. The lowest BCUT2D eigenvalue weighted by atomic mass is 10.2. The molecule has 1 aliphatic rings. The molecule has 3 heterocycles. The van der Waals surface area contributed by atoms with Crippen LogP contribution in [0, 0.1) is 6.92 Å². The van der Waals surface area contributed by atoms with Gasteiger partial charge in [0.05, 0.1) is 6.20 Å². The maximum absolute atomic E-state index is 12.5. The highest BCUT2D eigenvalue weighted by atomic mass is 16.2. The Bertz CT molecular complexity index is 650. The third-order valence-corrected chi connectivity index (χ3v) is 3.87. The number of aromatic nitrogens is 6. The number of hydrogen-bond donors (Lipinski definition) is 3.